The monoisotopic (exact) mass is 881 g/mol. The molecule has 7 aromatic rings. The zero-order chi connectivity index (χ0) is 33.1. The van der Waals surface area contributed by atoms with Gasteiger partial charge in [-0.1, -0.05) is 0 Å². The van der Waals surface area contributed by atoms with Gasteiger partial charge in [-0.2, -0.15) is 0 Å². The van der Waals surface area contributed by atoms with E-state index in [9.17, 15) is 0 Å². The van der Waals surface area contributed by atoms with Crippen LogP contribution < -0.4 is 30.0 Å². The molecule has 0 saturated carbocycles. The Bertz CT molecular complexity index is 2300. The zero-order valence-electron chi connectivity index (χ0n) is 29.1. The Morgan fingerprint density at radius 2 is 0.784 bits per heavy atom. The second kappa shape index (κ2) is 14.7. The maximum absolute atomic E-state index is 2.80. The van der Waals surface area contributed by atoms with E-state index in [1.165, 1.54) is 54.9 Å². The fourth-order valence-corrected chi connectivity index (χ4v) is 45.6. The van der Waals surface area contributed by atoms with Crippen molar-refractivity contribution in [2.45, 2.75) is 27.7 Å². The van der Waals surface area contributed by atoms with Crippen LogP contribution in [-0.4, -0.2) is 5.98 Å². The van der Waals surface area contributed by atoms with Crippen LogP contribution in [0, 0.1) is 0 Å². The van der Waals surface area contributed by atoms with E-state index in [0.717, 1.165) is 0 Å². The summed E-state index contributed by atoms with van der Waals surface area (Å²) in [7, 11) is 0. The first-order chi connectivity index (χ1) is 24.1. The summed E-state index contributed by atoms with van der Waals surface area (Å²) < 4.78 is 1.05. The smallest absolute Gasteiger partial charge is 1.00 e. The number of fused-ring (bicyclic) bond motifs is 4. The van der Waals surface area contributed by atoms with Gasteiger partial charge in [0.05, 0.1) is 0 Å². The fraction of sp³-hybridized carbons (Fsp3) is 0.106. The van der Waals surface area contributed by atoms with Crippen molar-refractivity contribution >= 4 is 43.9 Å². The summed E-state index contributed by atoms with van der Waals surface area (Å²) in [5.74, 6) is -1.37. The molecular formula is C47H39Cl2HfSi. The Kier molecular flexibility index (Phi) is 10.2. The molecule has 51 heavy (non-hydrogen) atoms. The molecule has 2 aliphatic carbocycles. The minimum Gasteiger partial charge on any atom is -1.00 e. The first-order valence-corrected chi connectivity index (χ1v) is 30.3. The minimum absolute atomic E-state index is 0. The molecule has 0 N–H and O–H groups in total. The standard InChI is InChI=1S/2C20H15.C7H9Si.2ClH.Hf/c2*1-14-13-16-8-3-5-11-18(16)20(14)19-12-6-9-15-7-2-4-10-17(15)19;1-8-7-5-3-2-4-6-7;;;/h2*2-13H,1H3;2-6,8H,1H3;2*1H;/q;;;;;+2/p-2. The van der Waals surface area contributed by atoms with Gasteiger partial charge in [0.25, 0.3) is 0 Å². The van der Waals surface area contributed by atoms with Gasteiger partial charge in [-0.3, -0.25) is 0 Å². The number of rotatable bonds is 6. The van der Waals surface area contributed by atoms with Crippen LogP contribution in [0.3, 0.4) is 0 Å². The van der Waals surface area contributed by atoms with Crippen LogP contribution in [0.25, 0.3) is 32.7 Å². The summed E-state index contributed by atoms with van der Waals surface area (Å²) in [5, 5.41) is 6.98. The van der Waals surface area contributed by atoms with Crippen molar-refractivity contribution in [1.29, 1.82) is 0 Å². The van der Waals surface area contributed by atoms with Gasteiger partial charge < -0.3 is 24.8 Å². The molecule has 0 saturated heterocycles. The van der Waals surface area contributed by atoms with Crippen LogP contribution in [0.15, 0.2) is 175 Å². The molecule has 0 fully saturated rings. The van der Waals surface area contributed by atoms with Crippen LogP contribution >= 0.6 is 0 Å². The summed E-state index contributed by atoms with van der Waals surface area (Å²) in [4.78, 5) is 0. The molecule has 0 aliphatic heterocycles. The molecule has 0 radical (unpaired) electrons. The predicted molar refractivity (Wildman–Crippen MR) is 209 cm³/mol. The molecule has 0 amide bonds. The number of halogens is 2. The summed E-state index contributed by atoms with van der Waals surface area (Å²) in [6, 6.07) is 62.3. The van der Waals surface area contributed by atoms with Gasteiger partial charge >= 0.3 is 301 Å². The molecule has 3 atom stereocenters. The van der Waals surface area contributed by atoms with Gasteiger partial charge in [0, 0.05) is 0 Å². The van der Waals surface area contributed by atoms with Crippen LogP contribution in [0.1, 0.15) is 54.6 Å². The van der Waals surface area contributed by atoms with E-state index in [2.05, 4.69) is 184 Å². The second-order valence-corrected chi connectivity index (χ2v) is 38.5. The molecule has 0 spiro atoms. The van der Waals surface area contributed by atoms with Crippen molar-refractivity contribution in [3.05, 3.63) is 208 Å². The minimum atomic E-state index is -2.80. The fourth-order valence-electron chi connectivity index (χ4n) is 9.19. The van der Waals surface area contributed by atoms with Crippen LogP contribution in [0.5, 0.6) is 0 Å². The normalized spacial score (nSPS) is 16.8. The molecular weight excluding hydrogens is 842 g/mol. The molecule has 3 unspecified atom stereocenters. The van der Waals surface area contributed by atoms with Gasteiger partial charge in [0.1, 0.15) is 0 Å². The quantitative estimate of drug-likeness (QED) is 0.199. The molecule has 0 nitrogen and oxygen atoms in total. The van der Waals surface area contributed by atoms with Crippen molar-refractivity contribution in [3.63, 3.8) is 0 Å². The topological polar surface area (TPSA) is 0 Å². The largest absolute Gasteiger partial charge is 1.00 e. The first kappa shape index (κ1) is 35.6. The van der Waals surface area contributed by atoms with Crippen molar-refractivity contribution in [2.75, 3.05) is 0 Å². The molecule has 0 bridgehead atoms. The summed E-state index contributed by atoms with van der Waals surface area (Å²) in [6.45, 7) is 7.73. The van der Waals surface area contributed by atoms with Crippen molar-refractivity contribution in [3.8, 4) is 0 Å². The summed E-state index contributed by atoms with van der Waals surface area (Å²) in [5.41, 5.74) is 15.1. The summed E-state index contributed by atoms with van der Waals surface area (Å²) in [6.07, 6.45) is 0. The zero-order valence-corrected chi connectivity index (χ0v) is 35.3. The Morgan fingerprint density at radius 1 is 0.412 bits per heavy atom. The van der Waals surface area contributed by atoms with E-state index in [0.29, 0.717) is 7.35 Å². The molecule has 0 aromatic heterocycles. The molecule has 249 valence electrons. The Labute approximate surface area is 322 Å². The molecule has 7 aromatic carbocycles. The third-order valence-electron chi connectivity index (χ3n) is 11.3. The van der Waals surface area contributed by atoms with E-state index in [4.69, 9.17) is 0 Å². The van der Waals surface area contributed by atoms with E-state index in [1.54, 1.807) is 27.5 Å². The first-order valence-electron chi connectivity index (χ1n) is 17.6. The maximum Gasteiger partial charge on any atom is -1.00 e. The van der Waals surface area contributed by atoms with Gasteiger partial charge in [0.2, 0.25) is 0 Å². The Hall–Kier alpha value is -3.79. The average molecular weight is 881 g/mol. The third-order valence-corrected chi connectivity index (χ3v) is 43.7. The van der Waals surface area contributed by atoms with Crippen molar-refractivity contribution in [1.82, 2.24) is 0 Å². The van der Waals surface area contributed by atoms with Gasteiger partial charge in [0.15, 0.2) is 0 Å². The SMILES string of the molecule is CC1=C(c2cccc3ccccc23)c2ccccc2[CH]1[Hf+2]([CH]1C(C)=C(c2cccc3ccccc23)c2ccccc21)[SiH](C)c1ccccc1.[Cl-].[Cl-]. The Balaban J connectivity index is 0.00000203. The van der Waals surface area contributed by atoms with Crippen LogP contribution in [-0.2, 0) is 20.6 Å². The molecule has 9 rings (SSSR count). The number of allylic oxidation sites excluding steroid dienone is 2. The van der Waals surface area contributed by atoms with Crippen molar-refractivity contribution in [2.24, 2.45) is 0 Å². The summed E-state index contributed by atoms with van der Waals surface area (Å²) >= 11 is -2.80. The van der Waals surface area contributed by atoms with Crippen LogP contribution in [0.2, 0.25) is 6.55 Å². The van der Waals surface area contributed by atoms with Crippen molar-refractivity contribution < 1.29 is 45.4 Å². The van der Waals surface area contributed by atoms with Crippen LogP contribution in [0.4, 0.5) is 0 Å². The number of hydrogen-bond acceptors (Lipinski definition) is 0. The van der Waals surface area contributed by atoms with Gasteiger partial charge in [-0.25, -0.2) is 0 Å². The van der Waals surface area contributed by atoms with E-state index in [-0.39, 0.29) is 24.8 Å². The Morgan fingerprint density at radius 3 is 1.27 bits per heavy atom. The predicted octanol–water partition coefficient (Wildman–Crippen LogP) is 5.33. The molecule has 0 heterocycles. The van der Waals surface area contributed by atoms with E-state index in [1.807, 2.05) is 0 Å². The second-order valence-electron chi connectivity index (χ2n) is 13.8. The molecule has 2 aliphatic rings. The number of benzene rings is 7. The van der Waals surface area contributed by atoms with E-state index < -0.39 is 26.6 Å². The van der Waals surface area contributed by atoms with Gasteiger partial charge in [-0.15, -0.1) is 0 Å². The van der Waals surface area contributed by atoms with E-state index >= 15 is 0 Å². The van der Waals surface area contributed by atoms with Gasteiger partial charge in [-0.05, 0) is 0 Å². The maximum atomic E-state index is 2.72. The number of hydrogen-bond donors (Lipinski definition) is 0. The molecule has 4 heteroatoms. The average Bonchev–Trinajstić information content (AvgIpc) is 3.61. The third kappa shape index (κ3) is 5.85.